The standard InChI is InChI=1S/C19H21N3OS/c1-13-7-5-8-14(11-13)22-16(18(23)20-19(2,3)4)12-15(21-22)17-9-6-10-24-17/h5-12H,1-4H3,(H,20,23). The molecule has 24 heavy (non-hydrogen) atoms. The van der Waals surface area contributed by atoms with Crippen LogP contribution in [-0.4, -0.2) is 21.2 Å². The maximum Gasteiger partial charge on any atom is 0.270 e. The lowest BCUT2D eigenvalue weighted by atomic mass is 10.1. The van der Waals surface area contributed by atoms with Gasteiger partial charge < -0.3 is 5.32 Å². The van der Waals surface area contributed by atoms with Crippen LogP contribution >= 0.6 is 11.3 Å². The van der Waals surface area contributed by atoms with Gasteiger partial charge in [-0.2, -0.15) is 5.10 Å². The second kappa shape index (κ2) is 6.24. The van der Waals surface area contributed by atoms with Crippen LogP contribution in [0, 0.1) is 6.92 Å². The first kappa shape index (κ1) is 16.5. The molecule has 1 N–H and O–H groups in total. The molecular formula is C19H21N3OS. The summed E-state index contributed by atoms with van der Waals surface area (Å²) in [4.78, 5) is 13.8. The summed E-state index contributed by atoms with van der Waals surface area (Å²) < 4.78 is 1.73. The minimum atomic E-state index is -0.304. The van der Waals surface area contributed by atoms with E-state index in [2.05, 4.69) is 10.4 Å². The van der Waals surface area contributed by atoms with Crippen LogP contribution in [0.25, 0.3) is 16.3 Å². The van der Waals surface area contributed by atoms with Gasteiger partial charge in [-0.1, -0.05) is 18.2 Å². The van der Waals surface area contributed by atoms with Gasteiger partial charge in [-0.25, -0.2) is 4.68 Å². The summed E-state index contributed by atoms with van der Waals surface area (Å²) in [5.41, 5.74) is 3.06. The molecule has 0 spiro atoms. The van der Waals surface area contributed by atoms with Gasteiger partial charge in [-0.05, 0) is 62.9 Å². The highest BCUT2D eigenvalue weighted by atomic mass is 32.1. The van der Waals surface area contributed by atoms with E-state index in [0.717, 1.165) is 21.8 Å². The van der Waals surface area contributed by atoms with Crippen molar-refractivity contribution in [1.82, 2.24) is 15.1 Å². The number of carbonyl (C=O) groups is 1. The van der Waals surface area contributed by atoms with Crippen molar-refractivity contribution < 1.29 is 4.79 Å². The van der Waals surface area contributed by atoms with Crippen LogP contribution in [0.4, 0.5) is 0 Å². The number of amides is 1. The van der Waals surface area contributed by atoms with Crippen LogP contribution in [0.3, 0.4) is 0 Å². The van der Waals surface area contributed by atoms with Crippen molar-refractivity contribution in [3.05, 3.63) is 59.1 Å². The minimum absolute atomic E-state index is 0.126. The molecule has 0 fully saturated rings. The predicted octanol–water partition coefficient (Wildman–Crippen LogP) is 4.44. The Morgan fingerprint density at radius 3 is 2.58 bits per heavy atom. The SMILES string of the molecule is Cc1cccc(-n2nc(-c3cccs3)cc2C(=O)NC(C)(C)C)c1. The third-order valence-electron chi connectivity index (χ3n) is 3.45. The molecule has 1 aromatic carbocycles. The van der Waals surface area contributed by atoms with E-state index in [1.807, 2.05) is 75.5 Å². The number of aromatic nitrogens is 2. The summed E-state index contributed by atoms with van der Waals surface area (Å²) >= 11 is 1.61. The maximum atomic E-state index is 12.8. The molecule has 1 amide bonds. The number of nitrogens with zero attached hydrogens (tertiary/aromatic N) is 2. The topological polar surface area (TPSA) is 46.9 Å². The normalized spacial score (nSPS) is 11.5. The van der Waals surface area contributed by atoms with E-state index in [9.17, 15) is 4.79 Å². The summed E-state index contributed by atoms with van der Waals surface area (Å²) in [7, 11) is 0. The lowest BCUT2D eigenvalue weighted by molar-refractivity contribution is 0.0911. The summed E-state index contributed by atoms with van der Waals surface area (Å²) in [6.45, 7) is 7.94. The van der Waals surface area contributed by atoms with Crippen molar-refractivity contribution in [2.75, 3.05) is 0 Å². The molecule has 4 nitrogen and oxygen atoms in total. The number of rotatable bonds is 3. The van der Waals surface area contributed by atoms with Crippen molar-refractivity contribution in [3.8, 4) is 16.3 Å². The molecule has 0 saturated heterocycles. The fourth-order valence-electron chi connectivity index (χ4n) is 2.45. The Morgan fingerprint density at radius 1 is 1.17 bits per heavy atom. The maximum absolute atomic E-state index is 12.8. The average Bonchev–Trinajstić information content (AvgIpc) is 3.15. The van der Waals surface area contributed by atoms with Crippen LogP contribution in [0.15, 0.2) is 47.8 Å². The number of nitrogens with one attached hydrogen (secondary N) is 1. The molecule has 0 unspecified atom stereocenters. The highest BCUT2D eigenvalue weighted by Gasteiger charge is 2.22. The fraction of sp³-hybridized carbons (Fsp3) is 0.263. The molecule has 0 aliphatic rings. The van der Waals surface area contributed by atoms with Gasteiger partial charge in [0.1, 0.15) is 11.4 Å². The molecule has 5 heteroatoms. The van der Waals surface area contributed by atoms with E-state index in [0.29, 0.717) is 5.69 Å². The van der Waals surface area contributed by atoms with Crippen LogP contribution in [0.1, 0.15) is 36.8 Å². The zero-order chi connectivity index (χ0) is 17.3. The van der Waals surface area contributed by atoms with Crippen LogP contribution in [0.2, 0.25) is 0 Å². The lowest BCUT2D eigenvalue weighted by Crippen LogP contribution is -2.41. The van der Waals surface area contributed by atoms with Crippen molar-refractivity contribution in [1.29, 1.82) is 0 Å². The zero-order valence-electron chi connectivity index (χ0n) is 14.3. The van der Waals surface area contributed by atoms with Gasteiger partial charge in [-0.15, -0.1) is 11.3 Å². The molecule has 0 aliphatic carbocycles. The number of hydrogen-bond acceptors (Lipinski definition) is 3. The van der Waals surface area contributed by atoms with E-state index in [-0.39, 0.29) is 11.4 Å². The van der Waals surface area contributed by atoms with E-state index in [1.54, 1.807) is 16.0 Å². The first-order valence-corrected chi connectivity index (χ1v) is 8.75. The Hall–Kier alpha value is -2.40. The molecule has 0 atom stereocenters. The second-order valence-electron chi connectivity index (χ2n) is 6.85. The van der Waals surface area contributed by atoms with E-state index in [4.69, 9.17) is 0 Å². The first-order chi connectivity index (χ1) is 11.3. The van der Waals surface area contributed by atoms with Gasteiger partial charge in [0.15, 0.2) is 0 Å². The number of benzene rings is 1. The highest BCUT2D eigenvalue weighted by molar-refractivity contribution is 7.13. The van der Waals surface area contributed by atoms with Crippen LogP contribution in [-0.2, 0) is 0 Å². The Labute approximate surface area is 146 Å². The fourth-order valence-corrected chi connectivity index (χ4v) is 3.13. The van der Waals surface area contributed by atoms with Crippen LogP contribution < -0.4 is 5.32 Å². The number of thiophene rings is 1. The molecule has 0 radical (unpaired) electrons. The molecular weight excluding hydrogens is 318 g/mol. The molecule has 124 valence electrons. The smallest absolute Gasteiger partial charge is 0.270 e. The van der Waals surface area contributed by atoms with Gasteiger partial charge in [0, 0.05) is 5.54 Å². The first-order valence-electron chi connectivity index (χ1n) is 7.87. The number of aryl methyl sites for hydroxylation is 1. The Kier molecular flexibility index (Phi) is 4.28. The summed E-state index contributed by atoms with van der Waals surface area (Å²) in [5.74, 6) is -0.126. The molecule has 0 saturated carbocycles. The highest BCUT2D eigenvalue weighted by Crippen LogP contribution is 2.26. The molecule has 3 aromatic rings. The lowest BCUT2D eigenvalue weighted by Gasteiger charge is -2.20. The van der Waals surface area contributed by atoms with Gasteiger partial charge in [-0.3, -0.25) is 4.79 Å². The summed E-state index contributed by atoms with van der Waals surface area (Å²) in [6.07, 6.45) is 0. The Morgan fingerprint density at radius 2 is 1.96 bits per heavy atom. The largest absolute Gasteiger partial charge is 0.346 e. The van der Waals surface area contributed by atoms with Gasteiger partial charge in [0.05, 0.1) is 10.6 Å². The van der Waals surface area contributed by atoms with Crippen LogP contribution in [0.5, 0.6) is 0 Å². The van der Waals surface area contributed by atoms with Crippen molar-refractivity contribution in [2.24, 2.45) is 0 Å². The van der Waals surface area contributed by atoms with E-state index < -0.39 is 0 Å². The quantitative estimate of drug-likeness (QED) is 0.767. The van der Waals surface area contributed by atoms with Crippen molar-refractivity contribution in [3.63, 3.8) is 0 Å². The molecule has 0 aliphatic heterocycles. The van der Waals surface area contributed by atoms with Gasteiger partial charge in [0.25, 0.3) is 5.91 Å². The minimum Gasteiger partial charge on any atom is -0.346 e. The molecule has 3 rings (SSSR count). The molecule has 2 aromatic heterocycles. The second-order valence-corrected chi connectivity index (χ2v) is 7.79. The van der Waals surface area contributed by atoms with Crippen molar-refractivity contribution in [2.45, 2.75) is 33.2 Å². The third kappa shape index (κ3) is 3.57. The number of hydrogen-bond donors (Lipinski definition) is 1. The Bertz CT molecular complexity index is 857. The number of carbonyl (C=O) groups excluding carboxylic acids is 1. The van der Waals surface area contributed by atoms with E-state index >= 15 is 0 Å². The summed E-state index contributed by atoms with van der Waals surface area (Å²) in [5, 5.41) is 9.71. The zero-order valence-corrected chi connectivity index (χ0v) is 15.1. The average molecular weight is 339 g/mol. The predicted molar refractivity (Wildman–Crippen MR) is 98.8 cm³/mol. The molecule has 0 bridgehead atoms. The monoisotopic (exact) mass is 339 g/mol. The Balaban J connectivity index is 2.10. The van der Waals surface area contributed by atoms with Gasteiger partial charge in [0.2, 0.25) is 0 Å². The summed E-state index contributed by atoms with van der Waals surface area (Å²) in [6, 6.07) is 13.9. The third-order valence-corrected chi connectivity index (χ3v) is 4.34. The van der Waals surface area contributed by atoms with Gasteiger partial charge >= 0.3 is 0 Å². The van der Waals surface area contributed by atoms with Crippen molar-refractivity contribution >= 4 is 17.2 Å². The van der Waals surface area contributed by atoms with E-state index in [1.165, 1.54) is 0 Å². The molecule has 2 heterocycles.